The number of thiazole rings is 1. The normalized spacial score (nSPS) is 15.8. The van der Waals surface area contributed by atoms with Crippen molar-refractivity contribution < 1.29 is 38.2 Å². The fourth-order valence-corrected chi connectivity index (χ4v) is 10.8. The van der Waals surface area contributed by atoms with Crippen LogP contribution in [0, 0.1) is 0 Å². The summed E-state index contributed by atoms with van der Waals surface area (Å²) in [6.45, 7) is 5.14. The summed E-state index contributed by atoms with van der Waals surface area (Å²) in [4.78, 5) is 72.2. The van der Waals surface area contributed by atoms with Crippen molar-refractivity contribution >= 4 is 80.3 Å². The highest BCUT2D eigenvalue weighted by Crippen LogP contribution is 2.43. The summed E-state index contributed by atoms with van der Waals surface area (Å²) in [5.74, 6) is -1.45. The summed E-state index contributed by atoms with van der Waals surface area (Å²) in [7, 11) is 1.57. The number of alkyl halides is 1. The lowest BCUT2D eigenvalue weighted by atomic mass is 9.77. The van der Waals surface area contributed by atoms with Gasteiger partial charge in [-0.25, -0.2) is 14.6 Å². The smallest absolute Gasteiger partial charge is 0.355 e. The average Bonchev–Trinajstić information content (AvgIpc) is 3.81. The number of thioether (sulfide) groups is 1. The van der Waals surface area contributed by atoms with Crippen LogP contribution in [0.2, 0.25) is 0 Å². The van der Waals surface area contributed by atoms with Gasteiger partial charge in [-0.1, -0.05) is 137 Å². The molecule has 2 aromatic heterocycles. The summed E-state index contributed by atoms with van der Waals surface area (Å²) in [6, 6.07) is 40.4. The van der Waals surface area contributed by atoms with Crippen molar-refractivity contribution in [2.24, 2.45) is 5.16 Å². The predicted molar refractivity (Wildman–Crippen MR) is 269 cm³/mol. The molecule has 348 valence electrons. The van der Waals surface area contributed by atoms with E-state index < -0.39 is 39.1 Å². The van der Waals surface area contributed by atoms with Crippen molar-refractivity contribution in [1.82, 2.24) is 20.2 Å². The van der Waals surface area contributed by atoms with Crippen LogP contribution in [0.1, 0.15) is 66.8 Å². The van der Waals surface area contributed by atoms with E-state index in [-0.39, 0.29) is 41.4 Å². The predicted octanol–water partition coefficient (Wildman–Crippen LogP) is 8.93. The first kappa shape index (κ1) is 47.9. The molecule has 3 atom stereocenters. The summed E-state index contributed by atoms with van der Waals surface area (Å²) >= 11 is 4.76. The lowest BCUT2D eigenvalue weighted by molar-refractivity contribution is -0.169. The Morgan fingerprint density at radius 2 is 1.51 bits per heavy atom. The van der Waals surface area contributed by atoms with E-state index in [1.807, 2.05) is 114 Å². The summed E-state index contributed by atoms with van der Waals surface area (Å²) < 4.78 is 15.9. The number of ether oxygens (including phenoxy) is 3. The Morgan fingerprint density at radius 1 is 0.882 bits per heavy atom. The fraction of sp³-hybridized carbons (Fsp3) is 0.235. The fourth-order valence-electron chi connectivity index (χ4n) is 7.65. The van der Waals surface area contributed by atoms with Gasteiger partial charge in [-0.05, 0) is 61.2 Å². The number of nitrogens with zero attached hydrogens (tertiary/aromatic N) is 4. The second kappa shape index (κ2) is 21.2. The molecule has 2 N–H and O–H groups in total. The molecular formula is C51H47IN6O8S2. The number of amides is 2. The Labute approximate surface area is 415 Å². The van der Waals surface area contributed by atoms with Crippen LogP contribution in [0.15, 0.2) is 162 Å². The second-order valence-corrected chi connectivity index (χ2v) is 19.9. The summed E-state index contributed by atoms with van der Waals surface area (Å²) in [6.07, 6.45) is 1.87. The lowest BCUT2D eigenvalue weighted by Gasteiger charge is -2.45. The number of oxime groups is 1. The van der Waals surface area contributed by atoms with Gasteiger partial charge in [0.2, 0.25) is 12.0 Å². The highest BCUT2D eigenvalue weighted by Gasteiger charge is 2.47. The van der Waals surface area contributed by atoms with Gasteiger partial charge >= 0.3 is 11.9 Å². The maximum absolute atomic E-state index is 14.8. The minimum Gasteiger partial charge on any atom is -0.497 e. The highest BCUT2D eigenvalue weighted by atomic mass is 127. The molecule has 8 rings (SSSR count). The molecule has 0 spiro atoms. The standard InChI is InChI=1S/C51H47IN6O8S2/c1-50(2,3)65-48(62)44(33-15-14-26-53-28-33)66-57-42(39-31-68-49(54-39)56-51(34-16-8-5-9-17-34,35-18-10-6-11-19-35)36-20-12-7-13-21-36)46(60)55-45(52)38-30-67-41-27-40(59)58(41)43(38)47(61)64-29-32-22-24-37(63-4)25-23-32/h5-26,28,31,41,44-45H,27,29-30H2,1-4H3,(H,54,56)(H,55,60)/b57-42-/t41-,44+,45+/m0/s1. The monoisotopic (exact) mass is 1060 g/mol. The molecule has 2 aliphatic rings. The number of carbonyl (C=O) groups is 4. The topological polar surface area (TPSA) is 171 Å². The summed E-state index contributed by atoms with van der Waals surface area (Å²) in [5.41, 5.74) is 2.45. The molecule has 1 saturated heterocycles. The Bertz CT molecular complexity index is 2710. The molecule has 0 unspecified atom stereocenters. The molecule has 2 aliphatic heterocycles. The number of rotatable bonds is 17. The van der Waals surface area contributed by atoms with Crippen molar-refractivity contribution in [2.45, 2.75) is 60.5 Å². The van der Waals surface area contributed by atoms with Crippen molar-refractivity contribution in [1.29, 1.82) is 0 Å². The van der Waals surface area contributed by atoms with Crippen LogP contribution >= 0.6 is 45.7 Å². The first-order valence-corrected chi connectivity index (χ1v) is 24.7. The van der Waals surface area contributed by atoms with Gasteiger partial charge in [0.15, 0.2) is 10.8 Å². The van der Waals surface area contributed by atoms with Gasteiger partial charge < -0.3 is 29.7 Å². The maximum atomic E-state index is 14.8. The lowest BCUT2D eigenvalue weighted by Crippen LogP contribution is -2.55. The Balaban J connectivity index is 1.16. The van der Waals surface area contributed by atoms with Crippen molar-refractivity contribution in [2.75, 3.05) is 18.2 Å². The van der Waals surface area contributed by atoms with E-state index in [0.717, 1.165) is 22.3 Å². The number of β-lactam (4-membered cyclic amide) rings is 1. The highest BCUT2D eigenvalue weighted by molar-refractivity contribution is 14.1. The summed E-state index contributed by atoms with van der Waals surface area (Å²) in [5, 5.41) is 13.0. The first-order valence-electron chi connectivity index (χ1n) is 21.5. The van der Waals surface area contributed by atoms with E-state index in [9.17, 15) is 19.2 Å². The van der Waals surface area contributed by atoms with Crippen LogP contribution in [-0.2, 0) is 45.6 Å². The van der Waals surface area contributed by atoms with E-state index >= 15 is 0 Å². The second-order valence-electron chi connectivity index (χ2n) is 16.6. The van der Waals surface area contributed by atoms with Crippen LogP contribution in [0.25, 0.3) is 0 Å². The third-order valence-electron chi connectivity index (χ3n) is 10.9. The molecule has 0 radical (unpaired) electrons. The van der Waals surface area contributed by atoms with Crippen molar-refractivity contribution in [3.8, 4) is 5.75 Å². The molecule has 0 saturated carbocycles. The number of esters is 2. The number of benzene rings is 4. The molecule has 17 heteroatoms. The van der Waals surface area contributed by atoms with Crippen LogP contribution in [0.4, 0.5) is 5.13 Å². The van der Waals surface area contributed by atoms with Gasteiger partial charge in [0.1, 0.15) is 38.9 Å². The molecule has 14 nitrogen and oxygen atoms in total. The number of fused-ring (bicyclic) bond motifs is 1. The number of methoxy groups -OCH3 is 1. The minimum absolute atomic E-state index is 0.0537. The van der Waals surface area contributed by atoms with Gasteiger partial charge in [0.05, 0.1) is 18.9 Å². The zero-order chi connectivity index (χ0) is 47.8. The van der Waals surface area contributed by atoms with Gasteiger partial charge in [0.25, 0.3) is 5.91 Å². The Morgan fingerprint density at radius 3 is 2.07 bits per heavy atom. The molecule has 4 aromatic carbocycles. The SMILES string of the molecule is COc1ccc(COC(=O)C2=C([C@H](I)NC(=O)/C(=N\O[C@@H](C(=O)OC(C)(C)C)c3cccnc3)c3csc(NC(c4ccccc4)(c4ccccc4)c4ccccc4)n3)CS[C@H]3CC(=O)N23)cc1. The number of pyridine rings is 1. The zero-order valence-corrected chi connectivity index (χ0v) is 41.2. The number of carbonyl (C=O) groups excluding carboxylic acids is 4. The van der Waals surface area contributed by atoms with Crippen molar-refractivity contribution in [3.63, 3.8) is 0 Å². The molecule has 1 fully saturated rings. The van der Waals surface area contributed by atoms with Crippen LogP contribution < -0.4 is 15.4 Å². The number of hydrogen-bond donors (Lipinski definition) is 2. The van der Waals surface area contributed by atoms with E-state index in [4.69, 9.17) is 24.0 Å². The number of halogens is 1. The third-order valence-corrected chi connectivity index (χ3v) is 14.0. The first-order chi connectivity index (χ1) is 32.8. The van der Waals surface area contributed by atoms with Crippen LogP contribution in [0.3, 0.4) is 0 Å². The molecule has 68 heavy (non-hydrogen) atoms. The Kier molecular flexibility index (Phi) is 14.9. The van der Waals surface area contributed by atoms with Gasteiger partial charge in [-0.3, -0.25) is 19.5 Å². The largest absolute Gasteiger partial charge is 0.497 e. The van der Waals surface area contributed by atoms with Gasteiger partial charge in [-0.2, -0.15) is 0 Å². The average molecular weight is 1060 g/mol. The zero-order valence-electron chi connectivity index (χ0n) is 37.5. The minimum atomic E-state index is -1.42. The Hall–Kier alpha value is -6.57. The van der Waals surface area contributed by atoms with Gasteiger partial charge in [0, 0.05) is 34.7 Å². The molecule has 0 aliphatic carbocycles. The number of nitrogens with one attached hydrogen (secondary N) is 2. The van der Waals surface area contributed by atoms with E-state index in [0.29, 0.717) is 27.8 Å². The molecule has 0 bridgehead atoms. The quantitative estimate of drug-likeness (QED) is 0.0130. The van der Waals surface area contributed by atoms with Gasteiger partial charge in [-0.15, -0.1) is 23.1 Å². The van der Waals surface area contributed by atoms with Crippen LogP contribution in [0.5, 0.6) is 5.75 Å². The number of aromatic nitrogens is 2. The number of hydrogen-bond acceptors (Lipinski definition) is 14. The molecular weight excluding hydrogens is 1020 g/mol. The van der Waals surface area contributed by atoms with E-state index in [1.54, 1.807) is 75.9 Å². The molecule has 4 heterocycles. The van der Waals surface area contributed by atoms with E-state index in [2.05, 4.69) is 20.8 Å². The van der Waals surface area contributed by atoms with E-state index in [1.165, 1.54) is 34.2 Å². The van der Waals surface area contributed by atoms with Crippen molar-refractivity contribution in [3.05, 3.63) is 190 Å². The number of anilines is 1. The van der Waals surface area contributed by atoms with Crippen LogP contribution in [-0.4, -0.2) is 72.2 Å². The maximum Gasteiger partial charge on any atom is 0.355 e. The third kappa shape index (κ3) is 10.7. The molecule has 2 amide bonds. The molecule has 6 aromatic rings.